The summed E-state index contributed by atoms with van der Waals surface area (Å²) in [5, 5.41) is 9.83. The fraction of sp³-hybridized carbons (Fsp3) is 0.500. The summed E-state index contributed by atoms with van der Waals surface area (Å²) in [5.41, 5.74) is 0.551. The van der Waals surface area contributed by atoms with Gasteiger partial charge in [-0.05, 0) is 66.5 Å². The van der Waals surface area contributed by atoms with Crippen LogP contribution in [0, 0.1) is 9.49 Å². The van der Waals surface area contributed by atoms with Crippen LogP contribution < -0.4 is 0 Å². The first-order chi connectivity index (χ1) is 8.99. The third-order valence-electron chi connectivity index (χ3n) is 3.67. The Morgan fingerprint density at radius 1 is 1.47 bits per heavy atom. The number of halogens is 2. The van der Waals surface area contributed by atoms with Crippen LogP contribution in [-0.2, 0) is 0 Å². The standard InChI is InChI=1S/C14H17ClINO2/c1-9(15)10-4-6-17(7-5-10)14(19)11-2-3-12(16)13(18)8-11/h2-3,8-10,18H,4-7H2,1H3. The van der Waals surface area contributed by atoms with Crippen molar-refractivity contribution in [3.8, 4) is 5.75 Å². The molecule has 1 saturated heterocycles. The number of hydrogen-bond acceptors (Lipinski definition) is 2. The Hall–Kier alpha value is -0.490. The van der Waals surface area contributed by atoms with Crippen LogP contribution in [0.3, 0.4) is 0 Å². The Morgan fingerprint density at radius 3 is 2.63 bits per heavy atom. The number of rotatable bonds is 2. The van der Waals surface area contributed by atoms with E-state index in [1.807, 2.05) is 34.4 Å². The normalized spacial score (nSPS) is 18.4. The predicted molar refractivity (Wildman–Crippen MR) is 84.8 cm³/mol. The number of aromatic hydroxyl groups is 1. The highest BCUT2D eigenvalue weighted by molar-refractivity contribution is 14.1. The van der Waals surface area contributed by atoms with Crippen LogP contribution >= 0.6 is 34.2 Å². The third-order valence-corrected chi connectivity index (χ3v) is 4.94. The summed E-state index contributed by atoms with van der Waals surface area (Å²) < 4.78 is 0.754. The van der Waals surface area contributed by atoms with Gasteiger partial charge in [-0.1, -0.05) is 0 Å². The second-order valence-corrected chi connectivity index (χ2v) is 6.82. The Labute approximate surface area is 132 Å². The molecule has 3 nitrogen and oxygen atoms in total. The van der Waals surface area contributed by atoms with Crippen molar-refractivity contribution in [2.75, 3.05) is 13.1 Å². The SMILES string of the molecule is CC(Cl)C1CCN(C(=O)c2ccc(I)c(O)c2)CC1. The van der Waals surface area contributed by atoms with E-state index in [0.29, 0.717) is 11.5 Å². The van der Waals surface area contributed by atoms with Gasteiger partial charge in [-0.25, -0.2) is 0 Å². The van der Waals surface area contributed by atoms with Gasteiger partial charge in [0, 0.05) is 24.0 Å². The minimum absolute atomic E-state index is 0.00706. The van der Waals surface area contributed by atoms with Crippen LogP contribution in [0.2, 0.25) is 0 Å². The van der Waals surface area contributed by atoms with E-state index in [1.165, 1.54) is 0 Å². The van der Waals surface area contributed by atoms with Crippen LogP contribution in [-0.4, -0.2) is 34.4 Å². The molecule has 1 amide bonds. The molecule has 1 unspecified atom stereocenters. The number of carbonyl (C=O) groups excluding carboxylic acids is 1. The molecular weight excluding hydrogens is 377 g/mol. The van der Waals surface area contributed by atoms with Gasteiger partial charge >= 0.3 is 0 Å². The third kappa shape index (κ3) is 3.54. The lowest BCUT2D eigenvalue weighted by atomic mass is 9.93. The summed E-state index contributed by atoms with van der Waals surface area (Å²) in [6.07, 6.45) is 1.90. The van der Waals surface area contributed by atoms with Crippen molar-refractivity contribution in [3.05, 3.63) is 27.3 Å². The topological polar surface area (TPSA) is 40.5 Å². The zero-order chi connectivity index (χ0) is 14.0. The van der Waals surface area contributed by atoms with Gasteiger partial charge in [0.1, 0.15) is 5.75 Å². The molecule has 0 aromatic heterocycles. The minimum atomic E-state index is -0.00706. The van der Waals surface area contributed by atoms with Crippen molar-refractivity contribution >= 4 is 40.1 Å². The maximum atomic E-state index is 12.3. The summed E-state index contributed by atoms with van der Waals surface area (Å²) in [4.78, 5) is 14.2. The Morgan fingerprint density at radius 2 is 2.11 bits per heavy atom. The molecule has 1 fully saturated rings. The number of nitrogens with zero attached hydrogens (tertiary/aromatic N) is 1. The first-order valence-electron chi connectivity index (χ1n) is 6.41. The summed E-state index contributed by atoms with van der Waals surface area (Å²) in [7, 11) is 0. The molecule has 1 aliphatic heterocycles. The van der Waals surface area contributed by atoms with E-state index in [1.54, 1.807) is 18.2 Å². The van der Waals surface area contributed by atoms with E-state index in [0.717, 1.165) is 29.5 Å². The fourth-order valence-corrected chi connectivity index (χ4v) is 2.98. The van der Waals surface area contributed by atoms with Gasteiger partial charge in [0.15, 0.2) is 0 Å². The van der Waals surface area contributed by atoms with Crippen LogP contribution in [0.1, 0.15) is 30.1 Å². The molecule has 2 rings (SSSR count). The van der Waals surface area contributed by atoms with E-state index >= 15 is 0 Å². The Bertz CT molecular complexity index is 471. The quantitative estimate of drug-likeness (QED) is 0.617. The number of amides is 1. The van der Waals surface area contributed by atoms with Crippen LogP contribution in [0.5, 0.6) is 5.75 Å². The smallest absolute Gasteiger partial charge is 0.253 e. The molecule has 0 bridgehead atoms. The summed E-state index contributed by atoms with van der Waals surface area (Å²) in [5.74, 6) is 0.652. The molecule has 1 N–H and O–H groups in total. The predicted octanol–water partition coefficient (Wildman–Crippen LogP) is 3.48. The maximum absolute atomic E-state index is 12.3. The Balaban J connectivity index is 2.03. The van der Waals surface area contributed by atoms with Crippen molar-refractivity contribution in [2.45, 2.75) is 25.1 Å². The second-order valence-electron chi connectivity index (χ2n) is 4.97. The molecule has 0 aliphatic carbocycles. The highest BCUT2D eigenvalue weighted by atomic mass is 127. The molecule has 19 heavy (non-hydrogen) atoms. The second kappa shape index (κ2) is 6.31. The molecule has 104 valence electrons. The first-order valence-corrected chi connectivity index (χ1v) is 7.92. The van der Waals surface area contributed by atoms with Gasteiger partial charge < -0.3 is 10.0 Å². The molecule has 5 heteroatoms. The lowest BCUT2D eigenvalue weighted by Crippen LogP contribution is -2.40. The average molecular weight is 394 g/mol. The summed E-state index contributed by atoms with van der Waals surface area (Å²) in [6, 6.07) is 5.07. The van der Waals surface area contributed by atoms with Crippen molar-refractivity contribution in [1.29, 1.82) is 0 Å². The maximum Gasteiger partial charge on any atom is 0.253 e. The van der Waals surface area contributed by atoms with E-state index in [2.05, 4.69) is 0 Å². The monoisotopic (exact) mass is 393 g/mol. The lowest BCUT2D eigenvalue weighted by molar-refractivity contribution is 0.0689. The largest absolute Gasteiger partial charge is 0.507 e. The molecule has 1 aromatic carbocycles. The Kier molecular flexibility index (Phi) is 4.95. The number of alkyl halides is 1. The lowest BCUT2D eigenvalue weighted by Gasteiger charge is -2.33. The molecular formula is C14H17ClINO2. The van der Waals surface area contributed by atoms with E-state index in [9.17, 15) is 9.90 Å². The first kappa shape index (κ1) is 14.9. The van der Waals surface area contributed by atoms with E-state index in [4.69, 9.17) is 11.6 Å². The molecule has 1 aromatic rings. The van der Waals surface area contributed by atoms with Gasteiger partial charge in [-0.2, -0.15) is 0 Å². The van der Waals surface area contributed by atoms with E-state index in [-0.39, 0.29) is 17.0 Å². The van der Waals surface area contributed by atoms with Gasteiger partial charge in [0.2, 0.25) is 0 Å². The van der Waals surface area contributed by atoms with Crippen LogP contribution in [0.4, 0.5) is 0 Å². The molecule has 0 radical (unpaired) electrons. The molecule has 1 aliphatic rings. The number of phenolic OH excluding ortho intramolecular Hbond substituents is 1. The van der Waals surface area contributed by atoms with Crippen molar-refractivity contribution < 1.29 is 9.90 Å². The number of benzene rings is 1. The van der Waals surface area contributed by atoms with E-state index < -0.39 is 0 Å². The molecule has 1 heterocycles. The number of hydrogen-bond donors (Lipinski definition) is 1. The summed E-state index contributed by atoms with van der Waals surface area (Å²) >= 11 is 8.14. The molecule has 0 saturated carbocycles. The summed E-state index contributed by atoms with van der Waals surface area (Å²) in [6.45, 7) is 3.50. The van der Waals surface area contributed by atoms with Crippen LogP contribution in [0.25, 0.3) is 0 Å². The van der Waals surface area contributed by atoms with Gasteiger partial charge in [0.25, 0.3) is 5.91 Å². The molecule has 1 atom stereocenters. The van der Waals surface area contributed by atoms with Gasteiger partial charge in [-0.3, -0.25) is 4.79 Å². The highest BCUT2D eigenvalue weighted by Gasteiger charge is 2.26. The molecule has 0 spiro atoms. The highest BCUT2D eigenvalue weighted by Crippen LogP contribution is 2.26. The number of piperidine rings is 1. The van der Waals surface area contributed by atoms with Crippen molar-refractivity contribution in [3.63, 3.8) is 0 Å². The zero-order valence-electron chi connectivity index (χ0n) is 10.8. The fourth-order valence-electron chi connectivity index (χ4n) is 2.39. The van der Waals surface area contributed by atoms with Crippen molar-refractivity contribution in [1.82, 2.24) is 4.90 Å². The average Bonchev–Trinajstić information content (AvgIpc) is 2.41. The number of carbonyl (C=O) groups is 1. The number of likely N-dealkylation sites (tertiary alicyclic amines) is 1. The zero-order valence-corrected chi connectivity index (χ0v) is 13.7. The van der Waals surface area contributed by atoms with Crippen LogP contribution in [0.15, 0.2) is 18.2 Å². The minimum Gasteiger partial charge on any atom is -0.507 e. The van der Waals surface area contributed by atoms with Gasteiger partial charge in [-0.15, -0.1) is 11.6 Å². The van der Waals surface area contributed by atoms with Crippen molar-refractivity contribution in [2.24, 2.45) is 5.92 Å². The van der Waals surface area contributed by atoms with Gasteiger partial charge in [0.05, 0.1) is 3.57 Å². The number of phenols is 1.